The van der Waals surface area contributed by atoms with Gasteiger partial charge in [0, 0.05) is 34.9 Å². The van der Waals surface area contributed by atoms with Gasteiger partial charge in [0.1, 0.15) is 5.69 Å². The Morgan fingerprint density at radius 3 is 2.50 bits per heavy atom. The SMILES string of the molecule is CC1=C(C(=O)NCc2cn(Cc3ccccc3)nn2)C(c2ccccc2)C2=C(CC(C)(C)CC2=O)N1. The van der Waals surface area contributed by atoms with Crippen molar-refractivity contribution in [1.29, 1.82) is 0 Å². The lowest BCUT2D eigenvalue weighted by Crippen LogP contribution is -2.40. The van der Waals surface area contributed by atoms with Crippen LogP contribution < -0.4 is 10.6 Å². The van der Waals surface area contributed by atoms with E-state index in [0.29, 0.717) is 29.8 Å². The van der Waals surface area contributed by atoms with Gasteiger partial charge in [0.25, 0.3) is 0 Å². The van der Waals surface area contributed by atoms with Crippen LogP contribution in [0.2, 0.25) is 0 Å². The fourth-order valence-corrected chi connectivity index (χ4v) is 5.25. The van der Waals surface area contributed by atoms with Gasteiger partial charge in [0.05, 0.1) is 19.3 Å². The number of allylic oxidation sites excluding steroid dienone is 3. The molecule has 0 radical (unpaired) electrons. The second kappa shape index (κ2) is 9.57. The fourth-order valence-electron chi connectivity index (χ4n) is 5.25. The second-order valence-electron chi connectivity index (χ2n) is 10.4. The molecule has 0 saturated carbocycles. The largest absolute Gasteiger partial charge is 0.362 e. The van der Waals surface area contributed by atoms with E-state index in [4.69, 9.17) is 0 Å². The molecule has 1 aromatic heterocycles. The molecular formula is C29H31N5O2. The molecule has 7 nitrogen and oxygen atoms in total. The van der Waals surface area contributed by atoms with E-state index in [2.05, 4.69) is 34.8 Å². The van der Waals surface area contributed by atoms with E-state index in [9.17, 15) is 9.59 Å². The van der Waals surface area contributed by atoms with Gasteiger partial charge in [-0.1, -0.05) is 79.7 Å². The van der Waals surface area contributed by atoms with Gasteiger partial charge in [-0.25, -0.2) is 4.68 Å². The summed E-state index contributed by atoms with van der Waals surface area (Å²) in [6.07, 6.45) is 3.08. The highest BCUT2D eigenvalue weighted by Crippen LogP contribution is 2.46. The number of ketones is 1. The van der Waals surface area contributed by atoms with E-state index in [1.807, 2.05) is 73.8 Å². The minimum atomic E-state index is -0.403. The molecule has 1 atom stereocenters. The van der Waals surface area contributed by atoms with Crippen LogP contribution in [0.4, 0.5) is 0 Å². The van der Waals surface area contributed by atoms with E-state index < -0.39 is 5.92 Å². The summed E-state index contributed by atoms with van der Waals surface area (Å²) in [6.45, 7) is 7.00. The molecule has 36 heavy (non-hydrogen) atoms. The average Bonchev–Trinajstić information content (AvgIpc) is 3.29. The van der Waals surface area contributed by atoms with Gasteiger partial charge in [-0.15, -0.1) is 5.10 Å². The summed E-state index contributed by atoms with van der Waals surface area (Å²) < 4.78 is 1.76. The number of Topliss-reactive ketones (excluding diaryl/α,β-unsaturated/α-hetero) is 1. The van der Waals surface area contributed by atoms with Crippen LogP contribution in [0.15, 0.2) is 89.4 Å². The summed E-state index contributed by atoms with van der Waals surface area (Å²) in [7, 11) is 0. The molecule has 0 bridgehead atoms. The number of aromatic nitrogens is 3. The van der Waals surface area contributed by atoms with Crippen molar-refractivity contribution in [3.8, 4) is 0 Å². The minimum Gasteiger partial charge on any atom is -0.362 e. The molecule has 2 heterocycles. The molecule has 1 unspecified atom stereocenters. The number of nitrogens with zero attached hydrogens (tertiary/aromatic N) is 3. The molecular weight excluding hydrogens is 450 g/mol. The number of nitrogens with one attached hydrogen (secondary N) is 2. The highest BCUT2D eigenvalue weighted by atomic mass is 16.2. The molecule has 7 heteroatoms. The summed E-state index contributed by atoms with van der Waals surface area (Å²) in [4.78, 5) is 26.9. The van der Waals surface area contributed by atoms with Crippen molar-refractivity contribution >= 4 is 11.7 Å². The van der Waals surface area contributed by atoms with Crippen molar-refractivity contribution in [3.05, 3.63) is 106 Å². The van der Waals surface area contributed by atoms with E-state index in [0.717, 1.165) is 28.9 Å². The molecule has 1 amide bonds. The molecule has 0 fully saturated rings. The van der Waals surface area contributed by atoms with Crippen molar-refractivity contribution in [2.24, 2.45) is 5.41 Å². The zero-order valence-electron chi connectivity index (χ0n) is 20.9. The predicted octanol–water partition coefficient (Wildman–Crippen LogP) is 4.25. The standard InChI is InChI=1S/C29H31N5O2/c1-19-25(28(36)30-16-22-18-34(33-32-22)17-20-10-6-4-7-11-20)26(21-12-8-5-9-13-21)27-23(31-19)14-29(2,3)15-24(27)35/h4-13,18,26,31H,14-17H2,1-3H3,(H,30,36). The third-order valence-corrected chi connectivity index (χ3v) is 6.82. The van der Waals surface area contributed by atoms with Crippen LogP contribution in [-0.2, 0) is 22.7 Å². The van der Waals surface area contributed by atoms with Crippen LogP contribution in [0.3, 0.4) is 0 Å². The maximum absolute atomic E-state index is 13.6. The van der Waals surface area contributed by atoms with Gasteiger partial charge in [-0.05, 0) is 29.9 Å². The molecule has 5 rings (SSSR count). The van der Waals surface area contributed by atoms with Gasteiger partial charge in [0.2, 0.25) is 5.91 Å². The second-order valence-corrected chi connectivity index (χ2v) is 10.4. The van der Waals surface area contributed by atoms with Gasteiger partial charge < -0.3 is 10.6 Å². The molecule has 1 aliphatic carbocycles. The number of carbonyl (C=O) groups is 2. The lowest BCUT2D eigenvalue weighted by atomic mass is 9.68. The first-order valence-corrected chi connectivity index (χ1v) is 12.3. The van der Waals surface area contributed by atoms with E-state index >= 15 is 0 Å². The Labute approximate surface area is 211 Å². The van der Waals surface area contributed by atoms with Crippen molar-refractivity contribution < 1.29 is 9.59 Å². The molecule has 1 aliphatic heterocycles. The molecule has 0 saturated heterocycles. The normalized spacial score (nSPS) is 19.1. The van der Waals surface area contributed by atoms with Crippen molar-refractivity contribution in [3.63, 3.8) is 0 Å². The Kier molecular flexibility index (Phi) is 6.31. The number of rotatable bonds is 6. The molecule has 184 valence electrons. The van der Waals surface area contributed by atoms with Crippen molar-refractivity contribution in [2.45, 2.75) is 52.6 Å². The lowest BCUT2D eigenvalue weighted by molar-refractivity contribution is -0.118. The zero-order chi connectivity index (χ0) is 25.3. The summed E-state index contributed by atoms with van der Waals surface area (Å²) in [5.74, 6) is -0.514. The third kappa shape index (κ3) is 4.87. The number of hydrogen-bond acceptors (Lipinski definition) is 5. The molecule has 2 N–H and O–H groups in total. The summed E-state index contributed by atoms with van der Waals surface area (Å²) in [5.41, 5.74) is 5.62. The minimum absolute atomic E-state index is 0.101. The molecule has 2 aliphatic rings. The Morgan fingerprint density at radius 1 is 1.08 bits per heavy atom. The van der Waals surface area contributed by atoms with Crippen LogP contribution in [0.5, 0.6) is 0 Å². The predicted molar refractivity (Wildman–Crippen MR) is 137 cm³/mol. The summed E-state index contributed by atoms with van der Waals surface area (Å²) >= 11 is 0. The number of hydrogen-bond donors (Lipinski definition) is 2. The first-order chi connectivity index (χ1) is 17.3. The quantitative estimate of drug-likeness (QED) is 0.550. The van der Waals surface area contributed by atoms with Crippen LogP contribution in [-0.4, -0.2) is 26.7 Å². The number of dihydropyridines is 1. The monoisotopic (exact) mass is 481 g/mol. The van der Waals surface area contributed by atoms with E-state index in [1.54, 1.807) is 4.68 Å². The zero-order valence-corrected chi connectivity index (χ0v) is 20.9. The number of carbonyl (C=O) groups excluding carboxylic acids is 2. The third-order valence-electron chi connectivity index (χ3n) is 6.82. The summed E-state index contributed by atoms with van der Waals surface area (Å²) in [5, 5.41) is 14.8. The molecule has 2 aromatic carbocycles. The first-order valence-electron chi connectivity index (χ1n) is 12.3. The first kappa shape index (κ1) is 23.7. The maximum atomic E-state index is 13.6. The van der Waals surface area contributed by atoms with Crippen LogP contribution in [0.1, 0.15) is 56.4 Å². The van der Waals surface area contributed by atoms with E-state index in [1.165, 1.54) is 0 Å². The van der Waals surface area contributed by atoms with Crippen molar-refractivity contribution in [1.82, 2.24) is 25.6 Å². The van der Waals surface area contributed by atoms with Gasteiger partial charge in [-0.3, -0.25) is 9.59 Å². The topological polar surface area (TPSA) is 88.9 Å². The highest BCUT2D eigenvalue weighted by molar-refractivity contribution is 6.05. The highest BCUT2D eigenvalue weighted by Gasteiger charge is 2.42. The van der Waals surface area contributed by atoms with Gasteiger partial charge in [0.15, 0.2) is 5.78 Å². The Balaban J connectivity index is 1.38. The van der Waals surface area contributed by atoms with Crippen LogP contribution in [0, 0.1) is 5.41 Å². The van der Waals surface area contributed by atoms with Gasteiger partial charge in [-0.2, -0.15) is 0 Å². The smallest absolute Gasteiger partial charge is 0.250 e. The Morgan fingerprint density at radius 2 is 1.78 bits per heavy atom. The number of benzene rings is 2. The molecule has 3 aromatic rings. The molecule has 0 spiro atoms. The van der Waals surface area contributed by atoms with Crippen molar-refractivity contribution in [2.75, 3.05) is 0 Å². The van der Waals surface area contributed by atoms with E-state index in [-0.39, 0.29) is 23.7 Å². The maximum Gasteiger partial charge on any atom is 0.250 e. The Hall–Kier alpha value is -4.00. The Bertz CT molecular complexity index is 1350. The van der Waals surface area contributed by atoms with Crippen LogP contribution in [0.25, 0.3) is 0 Å². The average molecular weight is 482 g/mol. The van der Waals surface area contributed by atoms with Gasteiger partial charge >= 0.3 is 0 Å². The summed E-state index contributed by atoms with van der Waals surface area (Å²) in [6, 6.07) is 19.9. The fraction of sp³-hybridized carbons (Fsp3) is 0.310. The number of amides is 1. The lowest BCUT2D eigenvalue weighted by Gasteiger charge is -2.39. The van der Waals surface area contributed by atoms with Crippen LogP contribution >= 0.6 is 0 Å².